The number of nitrogens with two attached hydrogens (primary N) is 1. The molecule has 0 spiro atoms. The zero-order valence-electron chi connectivity index (χ0n) is 62.3. The van der Waals surface area contributed by atoms with Gasteiger partial charge in [-0.3, -0.25) is 33.1 Å². The largest absolute Gasteiger partial charge is 0.423 e. The summed E-state index contributed by atoms with van der Waals surface area (Å²) in [5.41, 5.74) is 12.8. The number of fused-ring (bicyclic) bond motifs is 2. The minimum absolute atomic E-state index is 0.0386. The van der Waals surface area contributed by atoms with Crippen molar-refractivity contribution in [3.63, 3.8) is 0 Å². The van der Waals surface area contributed by atoms with Gasteiger partial charge in [0.05, 0.1) is 87.9 Å². The Morgan fingerprint density at radius 1 is 0.703 bits per heavy atom. The van der Waals surface area contributed by atoms with Gasteiger partial charge in [0.15, 0.2) is 28.4 Å². The molecule has 0 radical (unpaired) electrons. The van der Waals surface area contributed by atoms with Crippen LogP contribution in [-0.4, -0.2) is 278 Å². The maximum absolute atomic E-state index is 12.8. The highest BCUT2D eigenvalue weighted by Crippen LogP contribution is 2.36. The van der Waals surface area contributed by atoms with Crippen LogP contribution in [0.25, 0.3) is 22.3 Å². The lowest BCUT2D eigenvalue weighted by Gasteiger charge is -2.33. The van der Waals surface area contributed by atoms with Gasteiger partial charge in [-0.2, -0.15) is 13.2 Å². The molecule has 4 fully saturated rings. The van der Waals surface area contributed by atoms with Crippen molar-refractivity contribution in [3.05, 3.63) is 140 Å². The second kappa shape index (κ2) is 42.8. The van der Waals surface area contributed by atoms with Gasteiger partial charge < -0.3 is 123 Å². The molecule has 4 aromatic heterocycles. The summed E-state index contributed by atoms with van der Waals surface area (Å²) in [6, 6.07) is -0.239. The molecule has 45 heteroatoms. The molecule has 12 heterocycles. The van der Waals surface area contributed by atoms with Gasteiger partial charge >= 0.3 is 6.18 Å². The number of amidine groups is 1. The number of imidazole rings is 2. The first kappa shape index (κ1) is 89.5. The number of alkyl halides is 3. The summed E-state index contributed by atoms with van der Waals surface area (Å²) >= 11 is 3.65. The molecule has 4 aromatic rings. The fraction of sp³-hybridized carbons (Fsp3) is 0.545. The highest BCUT2D eigenvalue weighted by Gasteiger charge is 2.46. The van der Waals surface area contributed by atoms with E-state index in [-0.39, 0.29) is 109 Å². The fourth-order valence-electron chi connectivity index (χ4n) is 11.2. The topological polar surface area (TPSA) is 488 Å². The molecule has 610 valence electrons. The molecule has 111 heavy (non-hydrogen) atoms. The number of nitrogens with zero attached hydrogens (tertiary/aromatic N) is 13. The molecule has 2 unspecified atom stereocenters. The number of amides is 3. The number of aliphatic imine (C=N–C) groups is 1. The number of aromatic nitrogens is 8. The first-order chi connectivity index (χ1) is 52.9. The minimum Gasteiger partial charge on any atom is -0.394 e. The highest BCUT2D eigenvalue weighted by atomic mass is 127. The molecule has 12 atom stereocenters. The first-order valence-corrected chi connectivity index (χ1v) is 35.9. The fourth-order valence-corrected chi connectivity index (χ4v) is 12.8. The van der Waals surface area contributed by atoms with E-state index in [4.69, 9.17) is 73.2 Å². The number of nitrogens with one attached hydrogen (secondary N) is 6. The van der Waals surface area contributed by atoms with Crippen molar-refractivity contribution in [2.24, 2.45) is 15.8 Å². The maximum Gasteiger partial charge on any atom is 0.423 e. The summed E-state index contributed by atoms with van der Waals surface area (Å²) in [5.74, 6) is 1.47. The molecular weight excluding hydrogens is 1610 g/mol. The quantitative estimate of drug-likeness (QED) is 0.0205. The van der Waals surface area contributed by atoms with E-state index in [1.807, 2.05) is 39.0 Å². The van der Waals surface area contributed by atoms with Crippen LogP contribution in [0.3, 0.4) is 0 Å². The Bertz CT molecular complexity index is 4250. The summed E-state index contributed by atoms with van der Waals surface area (Å²) < 4.78 is 105. The van der Waals surface area contributed by atoms with Gasteiger partial charge in [-0.05, 0) is 49.4 Å². The lowest BCUT2D eigenvalue weighted by Crippen LogP contribution is -2.45. The Hall–Kier alpha value is -8.72. The smallest absolute Gasteiger partial charge is 0.394 e. The van der Waals surface area contributed by atoms with Crippen LogP contribution in [0.2, 0.25) is 0 Å². The van der Waals surface area contributed by atoms with Crippen molar-refractivity contribution >= 4 is 80.2 Å². The van der Waals surface area contributed by atoms with Crippen molar-refractivity contribution < 1.29 is 99.7 Å². The van der Waals surface area contributed by atoms with E-state index >= 15 is 0 Å². The van der Waals surface area contributed by atoms with Crippen molar-refractivity contribution in [3.8, 4) is 0 Å². The average Bonchev–Trinajstić information content (AvgIpc) is 1.80. The van der Waals surface area contributed by atoms with Crippen LogP contribution in [0.15, 0.2) is 128 Å². The highest BCUT2D eigenvalue weighted by molar-refractivity contribution is 14.1. The number of hydrogen-bond acceptors (Lipinski definition) is 33. The van der Waals surface area contributed by atoms with Gasteiger partial charge in [-0.15, -0.1) is 11.8 Å². The lowest BCUT2D eigenvalue weighted by atomic mass is 10.1. The number of rotatable bonds is 24. The van der Waals surface area contributed by atoms with Gasteiger partial charge in [0.25, 0.3) is 28.8 Å². The average molecular weight is 1700 g/mol. The second-order valence-corrected chi connectivity index (χ2v) is 27.3. The molecule has 11 N–H and O–H groups in total. The Labute approximate surface area is 651 Å². The predicted octanol–water partition coefficient (Wildman–Crippen LogP) is 1.38. The number of carbonyl (C=O) groups excluding carboxylic acids is 3. The molecule has 4 saturated heterocycles. The van der Waals surface area contributed by atoms with E-state index in [1.165, 1.54) is 20.5 Å². The lowest BCUT2D eigenvalue weighted by molar-refractivity contribution is -0.134. The zero-order chi connectivity index (χ0) is 81.4. The summed E-state index contributed by atoms with van der Waals surface area (Å²) in [4.78, 5) is 92.8. The normalized spacial score (nSPS) is 24.6. The molecule has 8 aliphatic rings. The summed E-state index contributed by atoms with van der Waals surface area (Å²) in [7, 11) is 9.37. The number of ether oxygens (including phenoxy) is 12. The number of halogens is 4. The number of carbonyl (C=O) groups is 3. The summed E-state index contributed by atoms with van der Waals surface area (Å²) in [5, 5.41) is 40.1. The number of aliphatic hydroxyl groups excluding tert-OH is 3. The summed E-state index contributed by atoms with van der Waals surface area (Å²) in [6.07, 6.45) is 2.35. The number of hydrogen-bond donors (Lipinski definition) is 10. The van der Waals surface area contributed by atoms with Gasteiger partial charge in [-0.1, -0.05) is 26.3 Å². The molecular formula is C66H93F3IN20O20S+. The third kappa shape index (κ3) is 24.9. The van der Waals surface area contributed by atoms with Gasteiger partial charge in [0, 0.05) is 92.3 Å². The number of aromatic amines is 2. The van der Waals surface area contributed by atoms with E-state index in [0.717, 1.165) is 4.90 Å². The molecule has 0 aliphatic carbocycles. The van der Waals surface area contributed by atoms with Crippen LogP contribution in [0.5, 0.6) is 0 Å². The van der Waals surface area contributed by atoms with Crippen molar-refractivity contribution in [1.82, 2.24) is 79.5 Å². The molecule has 8 aliphatic heterocycles. The molecule has 0 aromatic carbocycles. The second-order valence-electron chi connectivity index (χ2n) is 24.8. The predicted molar refractivity (Wildman–Crippen MR) is 398 cm³/mol. The van der Waals surface area contributed by atoms with E-state index in [1.54, 1.807) is 105 Å². The molecule has 12 rings (SSSR count). The number of aliphatic hydroxyl groups is 3. The van der Waals surface area contributed by atoms with Crippen molar-refractivity contribution in [2.75, 3.05) is 102 Å². The van der Waals surface area contributed by atoms with Crippen LogP contribution in [-0.2, 0) is 84.7 Å². The third-order valence-electron chi connectivity index (χ3n) is 16.6. The Kier molecular flexibility index (Phi) is 34.5. The molecule has 3 amide bonds. The van der Waals surface area contributed by atoms with E-state index < -0.39 is 48.3 Å². The van der Waals surface area contributed by atoms with Crippen LogP contribution in [0.1, 0.15) is 37.8 Å². The molecule has 0 bridgehead atoms. The standard InChI is InChI=1S/C12H15F3N2O4.C12H17N5O3.C11H15IN2O4.C11H16N4O4.C10H14N4O3.C10H15N3O2S/c1-6-16-11(19)7(12(13,14)15)4-17(6)10-3-8(18)9(21-10)5-20-2;1-7-5-17(8(2)14-12(7)18)11-4-9(15-16-13)10(20-11)6-19-3;1-6-13-11(16)7(12)4-14(6)10-3-8(15)9(18-10)5-17-2;1-7-13-10-9(11(17)14-7)12-5-15(10)6-19-8(3-16)4-18-2;1-7-12-9-8(10(15)13-7)11-5-14(9)6-17-4-3-16-2;1-7-12-8(11)3-4-13(7)9-5-15-10(16-9)6-14-2/h4,8-10,18H,1,3,5H2,2H3,(H,16,19);5,9-11,13H,2,4,6H2,1,3H3;4,8-10,15H,1,3,5H2,2H3,(H,13,16);5,8,16H,3-4,6H2,1-2H3,(H,13,14,17);5H,3-4,6H2,1-2H3,(H,12,13,15);3-4,9-10H,1,5-6H2,2H3,(H2,11,12)/p+1/t8-,9+,10+;9?,10-,11-;8-,9+,10+;;;9-,10-/m010..1/s1. The van der Waals surface area contributed by atoms with E-state index in [2.05, 4.69) is 81.9 Å². The zero-order valence-corrected chi connectivity index (χ0v) is 65.3. The van der Waals surface area contributed by atoms with Crippen LogP contribution < -0.4 is 37.7 Å². The number of H-pyrrole nitrogens is 2. The van der Waals surface area contributed by atoms with E-state index in [9.17, 15) is 47.4 Å². The Morgan fingerprint density at radius 2 is 1.22 bits per heavy atom. The first-order valence-electron chi connectivity index (χ1n) is 33.8. The Balaban J connectivity index is 0.000000185. The minimum atomic E-state index is -4.79. The molecule has 40 nitrogen and oxygen atoms in total. The number of aryl methyl sites for hydroxylation is 2. The SMILES string of the molecule is C=C1N=C(N)C=CN1[C@H]1CO[C@@H](COC)S1.C=C1NC(=O)C(C(F)(F)F)=CN1[C@H]1C[C@H](O)[C@@H](COC)O1.C=C1NC(=O)C(C)=CN1[C@H]1CC(N=[N+]=N)[C@@H](COC)O1.C=C1NC(=O)C(I)=CN1[C@H]1C[C@H](O)[C@@H](COC)O1.COCC(CO)OCn1cnc2c(=O)[nH]c(C)nc21.COCCOCn1cnc2c(=O)[nH]c(C)nc21. The van der Waals surface area contributed by atoms with Crippen LogP contribution in [0.4, 0.5) is 13.2 Å². The van der Waals surface area contributed by atoms with Crippen LogP contribution in [0, 0.1) is 19.4 Å². The van der Waals surface area contributed by atoms with Crippen LogP contribution >= 0.6 is 34.4 Å². The number of methoxy groups -OCH3 is 6. The molecule has 0 saturated carbocycles. The van der Waals surface area contributed by atoms with E-state index in [0.29, 0.717) is 126 Å². The van der Waals surface area contributed by atoms with Crippen molar-refractivity contribution in [2.45, 2.75) is 132 Å². The number of thioether (sulfide) groups is 1. The maximum atomic E-state index is 12.8. The Morgan fingerprint density at radius 3 is 1.74 bits per heavy atom. The van der Waals surface area contributed by atoms with Gasteiger partial charge in [0.1, 0.15) is 124 Å². The summed E-state index contributed by atoms with van der Waals surface area (Å²) in [6.45, 7) is 23.7. The van der Waals surface area contributed by atoms with Gasteiger partial charge in [-0.25, -0.2) is 24.9 Å². The van der Waals surface area contributed by atoms with Crippen molar-refractivity contribution in [1.29, 1.82) is 5.53 Å². The monoisotopic (exact) mass is 1700 g/mol. The third-order valence-corrected chi connectivity index (χ3v) is 18.6. The van der Waals surface area contributed by atoms with Gasteiger partial charge in [0.2, 0.25) is 4.91 Å².